The van der Waals surface area contributed by atoms with E-state index < -0.39 is 0 Å². The summed E-state index contributed by atoms with van der Waals surface area (Å²) in [6.07, 6.45) is 0. The second-order valence-corrected chi connectivity index (χ2v) is 3.35. The Kier molecular flexibility index (Phi) is 3.10. The average Bonchev–Trinajstić information content (AvgIpc) is 1.81. The van der Waals surface area contributed by atoms with Crippen molar-refractivity contribution in [3.05, 3.63) is 0 Å². The smallest absolute Gasteiger partial charge is 0.405 e. The quantitative estimate of drug-likeness (QED) is 0.580. The molecule has 0 aromatic heterocycles. The van der Waals surface area contributed by atoms with Crippen LogP contribution in [0.2, 0.25) is 0 Å². The maximum Gasteiger partial charge on any atom is 0.488 e. The van der Waals surface area contributed by atoms with Crippen molar-refractivity contribution in [2.24, 2.45) is 0 Å². The van der Waals surface area contributed by atoms with Gasteiger partial charge in [-0.2, -0.15) is 0 Å². The zero-order valence-electron chi connectivity index (χ0n) is 6.73. The first-order chi connectivity index (χ1) is 3.96. The monoisotopic (exact) mass is 230 g/mol. The van der Waals surface area contributed by atoms with Crippen LogP contribution in [0.25, 0.3) is 0 Å². The van der Waals surface area contributed by atoms with Gasteiger partial charge in [-0.25, -0.2) is 0 Å². The van der Waals surface area contributed by atoms with Crippen molar-refractivity contribution >= 4 is 7.69 Å². The Morgan fingerprint density at radius 3 is 1.30 bits per heavy atom. The van der Waals surface area contributed by atoms with Crippen LogP contribution in [0.5, 0.6) is 0 Å². The van der Waals surface area contributed by atoms with E-state index in [1.165, 1.54) is 7.69 Å². The summed E-state index contributed by atoms with van der Waals surface area (Å²) < 4.78 is 10.4. The fourth-order valence-corrected chi connectivity index (χ4v) is 0.548. The van der Waals surface area contributed by atoms with Crippen LogP contribution in [0.15, 0.2) is 0 Å². The Bertz CT molecular complexity index is 111. The first-order valence-corrected chi connectivity index (χ1v) is 3.13. The van der Waals surface area contributed by atoms with Crippen molar-refractivity contribution in [1.82, 2.24) is 0 Å². The summed E-state index contributed by atoms with van der Waals surface area (Å²) in [5.74, 6) is 0. The third kappa shape index (κ3) is 1.61. The maximum atomic E-state index is 5.21. The van der Waals surface area contributed by atoms with E-state index in [0.29, 0.717) is 0 Å². The minimum absolute atomic E-state index is 0. The molecule has 1 saturated heterocycles. The van der Waals surface area contributed by atoms with E-state index in [1.54, 1.807) is 0 Å². The first kappa shape index (κ1) is 10.6. The molecule has 1 rings (SSSR count). The van der Waals surface area contributed by atoms with Crippen LogP contribution in [-0.2, 0) is 28.8 Å². The minimum atomic E-state index is -0.188. The van der Waals surface area contributed by atoms with Gasteiger partial charge in [0.15, 0.2) is 0 Å². The fraction of sp³-hybridized carbons (Fsp3) is 1.00. The van der Waals surface area contributed by atoms with Gasteiger partial charge in [0.1, 0.15) is 0 Å². The van der Waals surface area contributed by atoms with Crippen molar-refractivity contribution < 1.29 is 28.8 Å². The summed E-state index contributed by atoms with van der Waals surface area (Å²) >= 11 is 0. The number of rotatable bonds is 0. The maximum absolute atomic E-state index is 5.21. The molecule has 0 aromatic rings. The molecule has 0 unspecified atom stereocenters. The van der Waals surface area contributed by atoms with E-state index in [1.807, 2.05) is 27.7 Å². The fourth-order valence-electron chi connectivity index (χ4n) is 0.548. The normalized spacial score (nSPS) is 26.8. The molecule has 1 aliphatic heterocycles. The second kappa shape index (κ2) is 2.92. The summed E-state index contributed by atoms with van der Waals surface area (Å²) in [6, 6.07) is 0. The third-order valence-corrected chi connectivity index (χ3v) is 2.14. The molecule has 0 spiro atoms. The molecule has 2 radical (unpaired) electrons. The molecule has 0 aromatic carbocycles. The van der Waals surface area contributed by atoms with E-state index >= 15 is 0 Å². The van der Waals surface area contributed by atoms with Crippen molar-refractivity contribution in [2.75, 3.05) is 0 Å². The van der Waals surface area contributed by atoms with Gasteiger partial charge in [-0.1, -0.05) is 0 Å². The SMILES string of the molecule is CC1(C)O[B]OC1(C)C.[Rh]. The molecule has 0 bridgehead atoms. The first-order valence-electron chi connectivity index (χ1n) is 3.13. The van der Waals surface area contributed by atoms with Gasteiger partial charge < -0.3 is 9.31 Å². The van der Waals surface area contributed by atoms with E-state index in [2.05, 4.69) is 0 Å². The molecule has 4 heteroatoms. The molecule has 1 fully saturated rings. The summed E-state index contributed by atoms with van der Waals surface area (Å²) in [5.41, 5.74) is -0.375. The number of hydrogen-bond donors (Lipinski definition) is 0. The predicted molar refractivity (Wildman–Crippen MR) is 36.1 cm³/mol. The van der Waals surface area contributed by atoms with Gasteiger partial charge in [-0.05, 0) is 27.7 Å². The molecule has 1 aliphatic rings. The van der Waals surface area contributed by atoms with Gasteiger partial charge in [-0.15, -0.1) is 0 Å². The van der Waals surface area contributed by atoms with Gasteiger partial charge in [0.25, 0.3) is 0 Å². The second-order valence-electron chi connectivity index (χ2n) is 3.35. The summed E-state index contributed by atoms with van der Waals surface area (Å²) in [5, 5.41) is 0. The minimum Gasteiger partial charge on any atom is -0.405 e. The van der Waals surface area contributed by atoms with Crippen molar-refractivity contribution in [3.8, 4) is 0 Å². The van der Waals surface area contributed by atoms with Gasteiger partial charge in [0, 0.05) is 19.5 Å². The van der Waals surface area contributed by atoms with Gasteiger partial charge in [-0.3, -0.25) is 0 Å². The van der Waals surface area contributed by atoms with Crippen molar-refractivity contribution in [2.45, 2.75) is 38.9 Å². The molecule has 0 saturated carbocycles. The molecule has 0 amide bonds. The van der Waals surface area contributed by atoms with Gasteiger partial charge in [0.2, 0.25) is 0 Å². The third-order valence-electron chi connectivity index (χ3n) is 2.14. The molecule has 0 N–H and O–H groups in total. The van der Waals surface area contributed by atoms with E-state index in [4.69, 9.17) is 9.31 Å². The summed E-state index contributed by atoms with van der Waals surface area (Å²) in [6.45, 7) is 8.04. The molecule has 10 heavy (non-hydrogen) atoms. The van der Waals surface area contributed by atoms with Gasteiger partial charge in [0.05, 0.1) is 11.2 Å². The Balaban J connectivity index is 0.000000810. The molecular formula is C6H12BO2Rh. The molecule has 0 atom stereocenters. The average molecular weight is 230 g/mol. The van der Waals surface area contributed by atoms with Crippen LogP contribution in [-0.4, -0.2) is 18.9 Å². The van der Waals surface area contributed by atoms with Crippen molar-refractivity contribution in [1.29, 1.82) is 0 Å². The Morgan fingerprint density at radius 1 is 0.900 bits per heavy atom. The van der Waals surface area contributed by atoms with Crippen LogP contribution in [0.3, 0.4) is 0 Å². The molecule has 1 heterocycles. The van der Waals surface area contributed by atoms with E-state index in [0.717, 1.165) is 0 Å². The molecule has 0 aliphatic carbocycles. The zero-order chi connectivity index (χ0) is 7.12. The zero-order valence-corrected chi connectivity index (χ0v) is 8.37. The number of hydrogen-bond acceptors (Lipinski definition) is 2. The molecular weight excluding hydrogens is 218 g/mol. The Hall–Kier alpha value is 0.608. The largest absolute Gasteiger partial charge is 0.488 e. The summed E-state index contributed by atoms with van der Waals surface area (Å²) in [7, 11) is 1.42. The van der Waals surface area contributed by atoms with Crippen LogP contribution in [0.4, 0.5) is 0 Å². The standard InChI is InChI=1S/C6H12BO2.Rh/c1-5(2)6(3,4)9-7-8-5;/h1-4H3;. The Labute approximate surface area is 75.7 Å². The molecule has 60 valence electrons. The van der Waals surface area contributed by atoms with Crippen LogP contribution >= 0.6 is 0 Å². The van der Waals surface area contributed by atoms with Crippen LogP contribution in [0, 0.1) is 0 Å². The van der Waals surface area contributed by atoms with Crippen LogP contribution < -0.4 is 0 Å². The van der Waals surface area contributed by atoms with Crippen molar-refractivity contribution in [3.63, 3.8) is 0 Å². The topological polar surface area (TPSA) is 18.5 Å². The van der Waals surface area contributed by atoms with E-state index in [-0.39, 0.29) is 30.7 Å². The predicted octanol–water partition coefficient (Wildman–Crippen LogP) is 1.12. The van der Waals surface area contributed by atoms with Crippen LogP contribution in [0.1, 0.15) is 27.7 Å². The Morgan fingerprint density at radius 2 is 1.20 bits per heavy atom. The van der Waals surface area contributed by atoms with E-state index in [9.17, 15) is 0 Å². The van der Waals surface area contributed by atoms with Gasteiger partial charge >= 0.3 is 7.69 Å². The molecule has 2 nitrogen and oxygen atoms in total. The summed E-state index contributed by atoms with van der Waals surface area (Å²) in [4.78, 5) is 0.